The number of fused-ring (bicyclic) bond motifs is 1. The van der Waals surface area contributed by atoms with E-state index in [9.17, 15) is 18.0 Å². The standard InChI is InChI=1S/C21H22N2O6S2/c1-13-9-16(31(26,27)23(2)3)6-7-17(13)29-12-20(24)22-15-5-8-18-14(10-15)11-19(30-18)21(25)28-4/h5-11H,12H2,1-4H3,(H,22,24). The molecule has 8 nitrogen and oxygen atoms in total. The van der Waals surface area contributed by atoms with Crippen molar-refractivity contribution in [1.82, 2.24) is 4.31 Å². The predicted molar refractivity (Wildman–Crippen MR) is 119 cm³/mol. The Bertz CT molecular complexity index is 1250. The summed E-state index contributed by atoms with van der Waals surface area (Å²) >= 11 is 1.31. The maximum atomic E-state index is 12.3. The maximum absolute atomic E-state index is 12.3. The van der Waals surface area contributed by atoms with Crippen molar-refractivity contribution in [3.05, 3.63) is 52.9 Å². The van der Waals surface area contributed by atoms with E-state index >= 15 is 0 Å². The summed E-state index contributed by atoms with van der Waals surface area (Å²) in [6, 6.07) is 11.5. The van der Waals surface area contributed by atoms with E-state index in [0.29, 0.717) is 21.9 Å². The van der Waals surface area contributed by atoms with Crippen LogP contribution in [0, 0.1) is 6.92 Å². The van der Waals surface area contributed by atoms with E-state index in [0.717, 1.165) is 14.4 Å². The van der Waals surface area contributed by atoms with Crippen molar-refractivity contribution in [1.29, 1.82) is 0 Å². The van der Waals surface area contributed by atoms with Gasteiger partial charge in [0.25, 0.3) is 5.91 Å². The molecule has 0 aliphatic rings. The van der Waals surface area contributed by atoms with Gasteiger partial charge < -0.3 is 14.8 Å². The van der Waals surface area contributed by atoms with Gasteiger partial charge in [0.2, 0.25) is 10.0 Å². The lowest BCUT2D eigenvalue weighted by molar-refractivity contribution is -0.118. The molecule has 0 saturated heterocycles. The Labute approximate surface area is 184 Å². The summed E-state index contributed by atoms with van der Waals surface area (Å²) in [5.74, 6) is -0.351. The fourth-order valence-electron chi connectivity index (χ4n) is 2.82. The third kappa shape index (κ3) is 5.04. The number of carbonyl (C=O) groups excluding carboxylic acids is 2. The van der Waals surface area contributed by atoms with Crippen molar-refractivity contribution in [3.63, 3.8) is 0 Å². The van der Waals surface area contributed by atoms with E-state index in [4.69, 9.17) is 9.47 Å². The van der Waals surface area contributed by atoms with E-state index in [1.165, 1.54) is 50.7 Å². The molecule has 1 amide bonds. The summed E-state index contributed by atoms with van der Waals surface area (Å²) < 4.78 is 36.7. The topological polar surface area (TPSA) is 102 Å². The number of ether oxygens (including phenoxy) is 2. The van der Waals surface area contributed by atoms with Gasteiger partial charge in [-0.1, -0.05) is 0 Å². The van der Waals surface area contributed by atoms with Crippen molar-refractivity contribution in [2.75, 3.05) is 33.1 Å². The zero-order chi connectivity index (χ0) is 22.8. The third-order valence-corrected chi connectivity index (χ3v) is 7.38. The lowest BCUT2D eigenvalue weighted by atomic mass is 10.2. The molecule has 0 atom stereocenters. The Morgan fingerprint density at radius 2 is 1.84 bits per heavy atom. The van der Waals surface area contributed by atoms with Gasteiger partial charge in [-0.15, -0.1) is 11.3 Å². The first-order valence-corrected chi connectivity index (χ1v) is 11.4. The van der Waals surface area contributed by atoms with Crippen molar-refractivity contribution in [3.8, 4) is 5.75 Å². The first kappa shape index (κ1) is 22.7. The van der Waals surface area contributed by atoms with Crippen LogP contribution < -0.4 is 10.1 Å². The van der Waals surface area contributed by atoms with Crippen LogP contribution in [0.4, 0.5) is 5.69 Å². The first-order chi connectivity index (χ1) is 14.6. The van der Waals surface area contributed by atoms with Crippen molar-refractivity contribution >= 4 is 49.0 Å². The Morgan fingerprint density at radius 1 is 1.10 bits per heavy atom. The Kier molecular flexibility index (Phi) is 6.63. The largest absolute Gasteiger partial charge is 0.483 e. The number of aryl methyl sites for hydroxylation is 1. The summed E-state index contributed by atoms with van der Waals surface area (Å²) in [5.41, 5.74) is 1.17. The third-order valence-electron chi connectivity index (χ3n) is 4.47. The van der Waals surface area contributed by atoms with Crippen LogP contribution in [0.5, 0.6) is 5.75 Å². The summed E-state index contributed by atoms with van der Waals surface area (Å²) in [7, 11) is 0.710. The molecule has 0 aliphatic heterocycles. The average molecular weight is 463 g/mol. The van der Waals surface area contributed by atoms with Crippen molar-refractivity contribution < 1.29 is 27.5 Å². The quantitative estimate of drug-likeness (QED) is 0.541. The van der Waals surface area contributed by atoms with Gasteiger partial charge >= 0.3 is 5.97 Å². The highest BCUT2D eigenvalue weighted by Gasteiger charge is 2.18. The number of rotatable bonds is 7. The van der Waals surface area contributed by atoms with Crippen LogP contribution in [0.15, 0.2) is 47.4 Å². The molecule has 0 unspecified atom stereocenters. The van der Waals surface area contributed by atoms with Gasteiger partial charge in [-0.3, -0.25) is 4.79 Å². The molecule has 0 aliphatic carbocycles. The van der Waals surface area contributed by atoms with Gasteiger partial charge in [-0.05, 0) is 60.3 Å². The minimum absolute atomic E-state index is 0.155. The number of benzene rings is 2. The number of nitrogens with zero attached hydrogens (tertiary/aromatic N) is 1. The van der Waals surface area contributed by atoms with Gasteiger partial charge in [-0.2, -0.15) is 0 Å². The van der Waals surface area contributed by atoms with Crippen molar-refractivity contribution in [2.24, 2.45) is 0 Å². The number of amides is 1. The zero-order valence-electron chi connectivity index (χ0n) is 17.5. The summed E-state index contributed by atoms with van der Waals surface area (Å²) in [6.07, 6.45) is 0. The Morgan fingerprint density at radius 3 is 2.48 bits per heavy atom. The second-order valence-corrected chi connectivity index (χ2v) is 10.1. The van der Waals surface area contributed by atoms with E-state index < -0.39 is 16.0 Å². The highest BCUT2D eigenvalue weighted by Crippen LogP contribution is 2.29. The molecule has 0 spiro atoms. The summed E-state index contributed by atoms with van der Waals surface area (Å²) in [4.78, 5) is 24.6. The summed E-state index contributed by atoms with van der Waals surface area (Å²) in [5, 5.41) is 3.57. The number of methoxy groups -OCH3 is 1. The smallest absolute Gasteiger partial charge is 0.348 e. The van der Waals surface area contributed by atoms with Gasteiger partial charge in [0, 0.05) is 24.5 Å². The molecular weight excluding hydrogens is 440 g/mol. The fourth-order valence-corrected chi connectivity index (χ4v) is 4.77. The van der Waals surface area contributed by atoms with Crippen LogP contribution in [0.3, 0.4) is 0 Å². The molecule has 3 rings (SSSR count). The van der Waals surface area contributed by atoms with E-state index in [-0.39, 0.29) is 17.4 Å². The molecular formula is C21H22N2O6S2. The van der Waals surface area contributed by atoms with Gasteiger partial charge in [0.05, 0.1) is 12.0 Å². The molecule has 164 valence electrons. The average Bonchev–Trinajstić information content (AvgIpc) is 3.15. The number of thiophene rings is 1. The fraction of sp³-hybridized carbons (Fsp3) is 0.238. The maximum Gasteiger partial charge on any atom is 0.348 e. The number of sulfonamides is 1. The molecule has 0 fully saturated rings. The molecule has 2 aromatic carbocycles. The molecule has 0 radical (unpaired) electrons. The molecule has 3 aromatic rings. The predicted octanol–water partition coefficient (Wildman–Crippen LogP) is 3.26. The minimum Gasteiger partial charge on any atom is -0.483 e. The van der Waals surface area contributed by atoms with Crippen LogP contribution in [0.1, 0.15) is 15.2 Å². The van der Waals surface area contributed by atoms with Crippen LogP contribution in [0.2, 0.25) is 0 Å². The number of hydrogen-bond donors (Lipinski definition) is 1. The van der Waals surface area contributed by atoms with Gasteiger partial charge in [0.1, 0.15) is 10.6 Å². The van der Waals surface area contributed by atoms with Crippen LogP contribution in [0.25, 0.3) is 10.1 Å². The highest BCUT2D eigenvalue weighted by atomic mass is 32.2. The molecule has 0 saturated carbocycles. The second-order valence-electron chi connectivity index (χ2n) is 6.91. The summed E-state index contributed by atoms with van der Waals surface area (Å²) in [6.45, 7) is 1.47. The minimum atomic E-state index is -3.54. The van der Waals surface area contributed by atoms with E-state index in [2.05, 4.69) is 5.32 Å². The SMILES string of the molecule is COC(=O)c1cc2cc(NC(=O)COc3ccc(S(=O)(=O)N(C)C)cc3C)ccc2s1. The number of hydrogen-bond acceptors (Lipinski definition) is 7. The number of anilines is 1. The Balaban J connectivity index is 1.65. The molecule has 31 heavy (non-hydrogen) atoms. The van der Waals surface area contributed by atoms with Crippen LogP contribution >= 0.6 is 11.3 Å². The Hall–Kier alpha value is -2.95. The van der Waals surface area contributed by atoms with Crippen LogP contribution in [-0.4, -0.2) is 52.4 Å². The first-order valence-electron chi connectivity index (χ1n) is 9.19. The number of nitrogens with one attached hydrogen (secondary N) is 1. The lowest BCUT2D eigenvalue weighted by Crippen LogP contribution is -2.22. The zero-order valence-corrected chi connectivity index (χ0v) is 19.1. The monoisotopic (exact) mass is 462 g/mol. The van der Waals surface area contributed by atoms with Crippen molar-refractivity contribution in [2.45, 2.75) is 11.8 Å². The van der Waals surface area contributed by atoms with E-state index in [1.54, 1.807) is 25.1 Å². The lowest BCUT2D eigenvalue weighted by Gasteiger charge is -2.14. The highest BCUT2D eigenvalue weighted by molar-refractivity contribution is 7.89. The van der Waals surface area contributed by atoms with Gasteiger partial charge in [-0.25, -0.2) is 17.5 Å². The second kappa shape index (κ2) is 9.04. The molecule has 0 bridgehead atoms. The van der Waals surface area contributed by atoms with Gasteiger partial charge in [0.15, 0.2) is 6.61 Å². The molecule has 10 heteroatoms. The van der Waals surface area contributed by atoms with Crippen LogP contribution in [-0.2, 0) is 19.6 Å². The molecule has 1 heterocycles. The van der Waals surface area contributed by atoms with E-state index in [1.807, 2.05) is 6.07 Å². The number of esters is 1. The molecule has 1 N–H and O–H groups in total. The number of carbonyl (C=O) groups is 2. The normalized spacial score (nSPS) is 11.5. The molecule has 1 aromatic heterocycles.